The zero-order chi connectivity index (χ0) is 13.7. The summed E-state index contributed by atoms with van der Waals surface area (Å²) >= 11 is 0. The number of benzene rings is 2. The summed E-state index contributed by atoms with van der Waals surface area (Å²) in [6, 6.07) is 15.4. The molecule has 0 aliphatic rings. The molecule has 3 nitrogen and oxygen atoms in total. The van der Waals surface area contributed by atoms with Gasteiger partial charge in [-0.25, -0.2) is 0 Å². The average Bonchev–Trinajstić information content (AvgIpc) is 2.47. The molecule has 0 aromatic heterocycles. The molecule has 3 heteroatoms. The van der Waals surface area contributed by atoms with Crippen molar-refractivity contribution in [1.82, 2.24) is 5.32 Å². The van der Waals surface area contributed by atoms with E-state index >= 15 is 0 Å². The molecule has 0 unspecified atom stereocenters. The Morgan fingerprint density at radius 3 is 2.42 bits per heavy atom. The molecule has 0 spiro atoms. The molecule has 2 rings (SSSR count). The molecule has 2 aromatic carbocycles. The molecule has 100 valence electrons. The standard InChI is InChI=1S/C16H19NO2/c1-17-11-13-5-3-4-6-15(13)16(18)12-7-9-14(19-2)10-8-12/h3-10,16-18H,11H2,1-2H3/t16-/m1/s1. The quantitative estimate of drug-likeness (QED) is 0.864. The van der Waals surface area contributed by atoms with E-state index in [1.165, 1.54) is 0 Å². The van der Waals surface area contributed by atoms with Gasteiger partial charge in [-0.3, -0.25) is 0 Å². The van der Waals surface area contributed by atoms with Gasteiger partial charge in [0, 0.05) is 6.54 Å². The van der Waals surface area contributed by atoms with Crippen molar-refractivity contribution >= 4 is 0 Å². The van der Waals surface area contributed by atoms with Crippen molar-refractivity contribution in [3.8, 4) is 5.75 Å². The Labute approximate surface area is 113 Å². The minimum absolute atomic E-state index is 0.615. The Bertz CT molecular complexity index is 523. The van der Waals surface area contributed by atoms with Crippen molar-refractivity contribution in [2.75, 3.05) is 14.2 Å². The predicted molar refractivity (Wildman–Crippen MR) is 76.3 cm³/mol. The maximum absolute atomic E-state index is 10.5. The molecule has 0 bridgehead atoms. The highest BCUT2D eigenvalue weighted by Crippen LogP contribution is 2.26. The number of nitrogens with one attached hydrogen (secondary N) is 1. The largest absolute Gasteiger partial charge is 0.497 e. The first-order valence-electron chi connectivity index (χ1n) is 6.30. The Hall–Kier alpha value is -1.84. The number of aliphatic hydroxyl groups is 1. The monoisotopic (exact) mass is 257 g/mol. The van der Waals surface area contributed by atoms with Gasteiger partial charge in [-0.05, 0) is 35.9 Å². The SMILES string of the molecule is CNCc1ccccc1[C@H](O)c1ccc(OC)cc1. The highest BCUT2D eigenvalue weighted by molar-refractivity contribution is 5.37. The second kappa shape index (κ2) is 6.36. The predicted octanol–water partition coefficient (Wildman–Crippen LogP) is 2.50. The van der Waals surface area contributed by atoms with Crippen LogP contribution in [0.3, 0.4) is 0 Å². The van der Waals surface area contributed by atoms with E-state index in [0.717, 1.165) is 29.0 Å². The molecule has 2 N–H and O–H groups in total. The number of hydrogen-bond acceptors (Lipinski definition) is 3. The number of hydrogen-bond donors (Lipinski definition) is 2. The average molecular weight is 257 g/mol. The molecule has 0 saturated heterocycles. The summed E-state index contributed by atoms with van der Waals surface area (Å²) in [4.78, 5) is 0. The van der Waals surface area contributed by atoms with Gasteiger partial charge in [0.2, 0.25) is 0 Å². The summed E-state index contributed by atoms with van der Waals surface area (Å²) in [5, 5.41) is 13.6. The molecule has 1 atom stereocenters. The van der Waals surface area contributed by atoms with E-state index < -0.39 is 6.10 Å². The van der Waals surface area contributed by atoms with E-state index in [0.29, 0.717) is 0 Å². The zero-order valence-corrected chi connectivity index (χ0v) is 11.3. The zero-order valence-electron chi connectivity index (χ0n) is 11.3. The molecule has 0 radical (unpaired) electrons. The van der Waals surface area contributed by atoms with Gasteiger partial charge in [0.1, 0.15) is 11.9 Å². The maximum atomic E-state index is 10.5. The van der Waals surface area contributed by atoms with E-state index in [2.05, 4.69) is 5.32 Å². The highest BCUT2D eigenvalue weighted by Gasteiger charge is 2.13. The molecule has 2 aromatic rings. The number of ether oxygens (including phenoxy) is 1. The van der Waals surface area contributed by atoms with Gasteiger partial charge in [0.25, 0.3) is 0 Å². The maximum Gasteiger partial charge on any atom is 0.118 e. The lowest BCUT2D eigenvalue weighted by Crippen LogP contribution is -2.10. The molecule has 0 heterocycles. The minimum Gasteiger partial charge on any atom is -0.497 e. The topological polar surface area (TPSA) is 41.5 Å². The molecular formula is C16H19NO2. The van der Waals surface area contributed by atoms with Crippen LogP contribution in [0.4, 0.5) is 0 Å². The molecule has 0 aliphatic carbocycles. The fraction of sp³-hybridized carbons (Fsp3) is 0.250. The van der Waals surface area contributed by atoms with Gasteiger partial charge >= 0.3 is 0 Å². The van der Waals surface area contributed by atoms with Gasteiger partial charge in [-0.1, -0.05) is 36.4 Å². The third-order valence-corrected chi connectivity index (χ3v) is 3.15. The first-order valence-corrected chi connectivity index (χ1v) is 6.30. The summed E-state index contributed by atoms with van der Waals surface area (Å²) in [6.45, 7) is 0.739. The van der Waals surface area contributed by atoms with E-state index in [1.807, 2.05) is 55.6 Å². The number of rotatable bonds is 5. The second-order valence-corrected chi connectivity index (χ2v) is 4.40. The van der Waals surface area contributed by atoms with Crippen LogP contribution in [0, 0.1) is 0 Å². The lowest BCUT2D eigenvalue weighted by Gasteiger charge is -2.16. The number of methoxy groups -OCH3 is 1. The fourth-order valence-corrected chi connectivity index (χ4v) is 2.12. The lowest BCUT2D eigenvalue weighted by atomic mass is 9.97. The number of aliphatic hydroxyl groups excluding tert-OH is 1. The smallest absolute Gasteiger partial charge is 0.118 e. The van der Waals surface area contributed by atoms with Crippen molar-refractivity contribution in [3.05, 3.63) is 65.2 Å². The van der Waals surface area contributed by atoms with Crippen molar-refractivity contribution < 1.29 is 9.84 Å². The Morgan fingerprint density at radius 2 is 1.79 bits per heavy atom. The Morgan fingerprint density at radius 1 is 1.11 bits per heavy atom. The van der Waals surface area contributed by atoms with Crippen LogP contribution in [0.2, 0.25) is 0 Å². The summed E-state index contributed by atoms with van der Waals surface area (Å²) in [7, 11) is 3.53. The van der Waals surface area contributed by atoms with E-state index in [9.17, 15) is 5.11 Å². The van der Waals surface area contributed by atoms with Crippen molar-refractivity contribution in [1.29, 1.82) is 0 Å². The lowest BCUT2D eigenvalue weighted by molar-refractivity contribution is 0.219. The first kappa shape index (κ1) is 13.6. The van der Waals surface area contributed by atoms with Crippen LogP contribution in [-0.2, 0) is 6.54 Å². The molecular weight excluding hydrogens is 238 g/mol. The van der Waals surface area contributed by atoms with E-state index in [4.69, 9.17) is 4.74 Å². The second-order valence-electron chi connectivity index (χ2n) is 4.40. The molecule has 19 heavy (non-hydrogen) atoms. The van der Waals surface area contributed by atoms with Gasteiger partial charge in [-0.2, -0.15) is 0 Å². The van der Waals surface area contributed by atoms with Gasteiger partial charge < -0.3 is 15.2 Å². The van der Waals surface area contributed by atoms with E-state index in [-0.39, 0.29) is 0 Å². The van der Waals surface area contributed by atoms with Gasteiger partial charge in [0.05, 0.1) is 7.11 Å². The third kappa shape index (κ3) is 3.13. The highest BCUT2D eigenvalue weighted by atomic mass is 16.5. The van der Waals surface area contributed by atoms with Crippen molar-refractivity contribution in [2.45, 2.75) is 12.6 Å². The minimum atomic E-state index is -0.615. The van der Waals surface area contributed by atoms with Crippen LogP contribution < -0.4 is 10.1 Å². The van der Waals surface area contributed by atoms with Crippen molar-refractivity contribution in [2.24, 2.45) is 0 Å². The van der Waals surface area contributed by atoms with E-state index in [1.54, 1.807) is 7.11 Å². The van der Waals surface area contributed by atoms with Crippen LogP contribution in [0.5, 0.6) is 5.75 Å². The van der Waals surface area contributed by atoms with Crippen LogP contribution in [0.15, 0.2) is 48.5 Å². The Kier molecular flexibility index (Phi) is 4.55. The summed E-state index contributed by atoms with van der Waals surface area (Å²) in [5.74, 6) is 0.791. The first-order chi connectivity index (χ1) is 9.26. The summed E-state index contributed by atoms with van der Waals surface area (Å²) in [5.41, 5.74) is 2.90. The van der Waals surface area contributed by atoms with Gasteiger partial charge in [0.15, 0.2) is 0 Å². The molecule has 0 amide bonds. The molecule has 0 saturated carbocycles. The summed E-state index contributed by atoms with van der Waals surface area (Å²) in [6.07, 6.45) is -0.615. The molecule has 0 aliphatic heterocycles. The normalized spacial score (nSPS) is 12.2. The third-order valence-electron chi connectivity index (χ3n) is 3.15. The molecule has 0 fully saturated rings. The summed E-state index contributed by atoms with van der Waals surface area (Å²) < 4.78 is 5.13. The van der Waals surface area contributed by atoms with Crippen LogP contribution in [-0.4, -0.2) is 19.3 Å². The van der Waals surface area contributed by atoms with Crippen LogP contribution >= 0.6 is 0 Å². The fourth-order valence-electron chi connectivity index (χ4n) is 2.12. The van der Waals surface area contributed by atoms with Crippen LogP contribution in [0.1, 0.15) is 22.8 Å². The Balaban J connectivity index is 2.29. The van der Waals surface area contributed by atoms with Crippen LogP contribution in [0.25, 0.3) is 0 Å². The van der Waals surface area contributed by atoms with Crippen molar-refractivity contribution in [3.63, 3.8) is 0 Å². The van der Waals surface area contributed by atoms with Gasteiger partial charge in [-0.15, -0.1) is 0 Å².